The van der Waals surface area contributed by atoms with E-state index in [1.54, 1.807) is 12.4 Å². The molecule has 62 valence electrons. The molecule has 12 heavy (non-hydrogen) atoms. The molecule has 0 radical (unpaired) electrons. The van der Waals surface area contributed by atoms with E-state index in [2.05, 4.69) is 10.3 Å². The number of rotatable bonds is 1. The number of fused-ring (bicyclic) bond motifs is 1. The molecular weight excluding hydrogens is 176 g/mol. The Labute approximate surface area is 74.8 Å². The molecule has 1 aromatic heterocycles. The largest absolute Gasteiger partial charge is 0.324 e. The van der Waals surface area contributed by atoms with Crippen molar-refractivity contribution in [2.45, 2.75) is 12.3 Å². The van der Waals surface area contributed by atoms with E-state index < -0.39 is 0 Å². The monoisotopic (exact) mass is 182 g/mol. The Hall–Kier alpha value is -1.09. The minimum Gasteiger partial charge on any atom is -0.324 e. The van der Waals surface area contributed by atoms with Crippen LogP contribution in [0.4, 0.5) is 5.69 Å². The molecule has 1 aliphatic rings. The first-order valence-electron chi connectivity index (χ1n) is 3.63. The maximum atomic E-state index is 11.0. The second-order valence-electron chi connectivity index (χ2n) is 2.68. The normalized spacial score (nSPS) is 14.2. The van der Waals surface area contributed by atoms with Crippen molar-refractivity contribution in [2.24, 2.45) is 0 Å². The molecule has 3 nitrogen and oxygen atoms in total. The molecule has 4 heteroatoms. The molecule has 0 saturated carbocycles. The smallest absolute Gasteiger partial charge is 0.228 e. The molecule has 1 amide bonds. The van der Waals surface area contributed by atoms with E-state index in [-0.39, 0.29) is 5.91 Å². The third-order valence-corrected chi connectivity index (χ3v) is 2.19. The first-order chi connectivity index (χ1) is 5.81. The van der Waals surface area contributed by atoms with E-state index in [4.69, 9.17) is 11.6 Å². The molecule has 1 aromatic rings. The summed E-state index contributed by atoms with van der Waals surface area (Å²) in [4.78, 5) is 14.9. The van der Waals surface area contributed by atoms with E-state index in [9.17, 15) is 4.79 Å². The highest BCUT2D eigenvalue weighted by Gasteiger charge is 2.20. The molecule has 2 rings (SSSR count). The topological polar surface area (TPSA) is 42.0 Å². The molecule has 0 aromatic carbocycles. The fourth-order valence-corrected chi connectivity index (χ4v) is 1.55. The van der Waals surface area contributed by atoms with Gasteiger partial charge in [-0.05, 0) is 11.1 Å². The van der Waals surface area contributed by atoms with Crippen molar-refractivity contribution in [3.63, 3.8) is 0 Å². The van der Waals surface area contributed by atoms with Gasteiger partial charge in [-0.15, -0.1) is 11.6 Å². The van der Waals surface area contributed by atoms with Gasteiger partial charge in [0.25, 0.3) is 0 Å². The minimum absolute atomic E-state index is 0.0179. The zero-order valence-electron chi connectivity index (χ0n) is 6.30. The number of nitrogens with zero attached hydrogens (tertiary/aromatic N) is 1. The molecule has 1 N–H and O–H groups in total. The summed E-state index contributed by atoms with van der Waals surface area (Å²) in [5, 5.41) is 2.71. The molecule has 0 fully saturated rings. The van der Waals surface area contributed by atoms with Crippen LogP contribution in [-0.4, -0.2) is 10.9 Å². The summed E-state index contributed by atoms with van der Waals surface area (Å²) in [6.45, 7) is 0. The number of carbonyl (C=O) groups is 1. The first kappa shape index (κ1) is 7.55. The van der Waals surface area contributed by atoms with Gasteiger partial charge in [0.05, 0.1) is 18.3 Å². The predicted molar refractivity (Wildman–Crippen MR) is 46.1 cm³/mol. The van der Waals surface area contributed by atoms with Gasteiger partial charge in [0.1, 0.15) is 0 Å². The lowest BCUT2D eigenvalue weighted by molar-refractivity contribution is -0.115. The van der Waals surface area contributed by atoms with Gasteiger partial charge < -0.3 is 5.32 Å². The Balaban J connectivity index is 2.51. The molecule has 2 heterocycles. The Bertz CT molecular complexity index is 338. The summed E-state index contributed by atoms with van der Waals surface area (Å²) in [6.07, 6.45) is 3.78. The molecular formula is C8H7ClN2O. The van der Waals surface area contributed by atoms with Crippen LogP contribution < -0.4 is 5.32 Å². The van der Waals surface area contributed by atoms with E-state index in [1.807, 2.05) is 0 Å². The maximum Gasteiger partial charge on any atom is 0.228 e. The molecule has 0 saturated heterocycles. The average Bonchev–Trinajstić information content (AvgIpc) is 2.44. The minimum atomic E-state index is 0.0179. The second-order valence-corrected chi connectivity index (χ2v) is 2.95. The van der Waals surface area contributed by atoms with Gasteiger partial charge in [-0.25, -0.2) is 0 Å². The summed E-state index contributed by atoms with van der Waals surface area (Å²) in [6, 6.07) is 0. The number of hydrogen-bond acceptors (Lipinski definition) is 2. The fraction of sp³-hybridized carbons (Fsp3) is 0.250. The van der Waals surface area contributed by atoms with E-state index in [0.717, 1.165) is 16.8 Å². The van der Waals surface area contributed by atoms with Gasteiger partial charge in [-0.1, -0.05) is 0 Å². The lowest BCUT2D eigenvalue weighted by atomic mass is 10.1. The highest BCUT2D eigenvalue weighted by Crippen LogP contribution is 2.25. The van der Waals surface area contributed by atoms with Crippen LogP contribution in [0.5, 0.6) is 0 Å². The lowest BCUT2D eigenvalue weighted by Crippen LogP contribution is -2.03. The van der Waals surface area contributed by atoms with E-state index in [1.165, 1.54) is 0 Å². The number of nitrogens with one attached hydrogen (secondary N) is 1. The zero-order valence-corrected chi connectivity index (χ0v) is 7.06. The quantitative estimate of drug-likeness (QED) is 0.666. The SMILES string of the molecule is O=C1Cc2c(CCl)cncc2N1. The lowest BCUT2D eigenvalue weighted by Gasteiger charge is -2.00. The summed E-state index contributed by atoms with van der Waals surface area (Å²) < 4.78 is 0. The summed E-state index contributed by atoms with van der Waals surface area (Å²) >= 11 is 5.68. The molecule has 0 atom stereocenters. The van der Waals surface area contributed by atoms with Crippen LogP contribution in [0, 0.1) is 0 Å². The Morgan fingerprint density at radius 2 is 2.42 bits per heavy atom. The van der Waals surface area contributed by atoms with Crippen molar-refractivity contribution < 1.29 is 4.79 Å². The second kappa shape index (κ2) is 2.75. The molecule has 0 aliphatic carbocycles. The van der Waals surface area contributed by atoms with Crippen molar-refractivity contribution in [1.82, 2.24) is 4.98 Å². The van der Waals surface area contributed by atoms with Crippen LogP contribution in [0.15, 0.2) is 12.4 Å². The van der Waals surface area contributed by atoms with Crippen LogP contribution in [-0.2, 0) is 17.1 Å². The van der Waals surface area contributed by atoms with Gasteiger partial charge in [0.2, 0.25) is 5.91 Å². The van der Waals surface area contributed by atoms with Gasteiger partial charge in [-0.3, -0.25) is 9.78 Å². The number of hydrogen-bond donors (Lipinski definition) is 1. The Kier molecular flexibility index (Phi) is 1.73. The average molecular weight is 183 g/mol. The third kappa shape index (κ3) is 1.06. The van der Waals surface area contributed by atoms with Crippen molar-refractivity contribution in [2.75, 3.05) is 5.32 Å². The van der Waals surface area contributed by atoms with Crippen molar-refractivity contribution in [3.8, 4) is 0 Å². The molecule has 0 bridgehead atoms. The first-order valence-corrected chi connectivity index (χ1v) is 4.16. The summed E-state index contributed by atoms with van der Waals surface area (Å²) in [5.41, 5.74) is 2.73. The highest BCUT2D eigenvalue weighted by molar-refractivity contribution is 6.17. The summed E-state index contributed by atoms with van der Waals surface area (Å²) in [7, 11) is 0. The van der Waals surface area contributed by atoms with Crippen molar-refractivity contribution >= 4 is 23.2 Å². The Morgan fingerprint density at radius 3 is 3.17 bits per heavy atom. The molecule has 0 unspecified atom stereocenters. The number of carbonyl (C=O) groups excluding carboxylic acids is 1. The van der Waals surface area contributed by atoms with Crippen LogP contribution in [0.1, 0.15) is 11.1 Å². The number of amides is 1. The Morgan fingerprint density at radius 1 is 1.58 bits per heavy atom. The third-order valence-electron chi connectivity index (χ3n) is 1.90. The van der Waals surface area contributed by atoms with Crippen LogP contribution >= 0.6 is 11.6 Å². The fourth-order valence-electron chi connectivity index (χ4n) is 1.32. The maximum absolute atomic E-state index is 11.0. The van der Waals surface area contributed by atoms with Crippen LogP contribution in [0.2, 0.25) is 0 Å². The number of halogens is 1. The van der Waals surface area contributed by atoms with Gasteiger partial charge >= 0.3 is 0 Å². The van der Waals surface area contributed by atoms with Crippen molar-refractivity contribution in [3.05, 3.63) is 23.5 Å². The van der Waals surface area contributed by atoms with Crippen LogP contribution in [0.25, 0.3) is 0 Å². The predicted octanol–water partition coefficient (Wildman–Crippen LogP) is 1.31. The van der Waals surface area contributed by atoms with Gasteiger partial charge in [0.15, 0.2) is 0 Å². The standard InChI is InChI=1S/C8H7ClN2O/c9-2-5-3-10-4-7-6(5)1-8(12)11-7/h3-4H,1-2H2,(H,11,12). The molecule has 1 aliphatic heterocycles. The number of alkyl halides is 1. The van der Waals surface area contributed by atoms with E-state index in [0.29, 0.717) is 12.3 Å². The summed E-state index contributed by atoms with van der Waals surface area (Å²) in [5.74, 6) is 0.426. The highest BCUT2D eigenvalue weighted by atomic mass is 35.5. The van der Waals surface area contributed by atoms with Gasteiger partial charge in [0, 0.05) is 12.1 Å². The number of aromatic nitrogens is 1. The van der Waals surface area contributed by atoms with E-state index >= 15 is 0 Å². The number of anilines is 1. The zero-order chi connectivity index (χ0) is 8.55. The number of pyridine rings is 1. The van der Waals surface area contributed by atoms with Crippen LogP contribution in [0.3, 0.4) is 0 Å². The van der Waals surface area contributed by atoms with Crippen molar-refractivity contribution in [1.29, 1.82) is 0 Å². The molecule has 0 spiro atoms. The van der Waals surface area contributed by atoms with Gasteiger partial charge in [-0.2, -0.15) is 0 Å².